The quantitative estimate of drug-likeness (QED) is 0.653. The molecule has 0 radical (unpaired) electrons. The van der Waals surface area contributed by atoms with Crippen LogP contribution in [0.25, 0.3) is 0 Å². The zero-order chi connectivity index (χ0) is 16.7. The van der Waals surface area contributed by atoms with Crippen LogP contribution in [0.5, 0.6) is 0 Å². The van der Waals surface area contributed by atoms with E-state index >= 15 is 0 Å². The molecule has 1 atom stereocenters. The molecule has 0 unspecified atom stereocenters. The minimum atomic E-state index is 0.146. The van der Waals surface area contributed by atoms with Crippen molar-refractivity contribution < 1.29 is 9.53 Å². The third kappa shape index (κ3) is 5.80. The normalized spacial score (nSPS) is 23.1. The van der Waals surface area contributed by atoms with E-state index in [2.05, 4.69) is 15.7 Å². The average molecular weight is 321 g/mol. The van der Waals surface area contributed by atoms with Crippen molar-refractivity contribution in [2.45, 2.75) is 31.8 Å². The van der Waals surface area contributed by atoms with Gasteiger partial charge in [0.1, 0.15) is 0 Å². The van der Waals surface area contributed by atoms with E-state index in [1.165, 1.54) is 0 Å². The van der Waals surface area contributed by atoms with Gasteiger partial charge in [0.25, 0.3) is 0 Å². The van der Waals surface area contributed by atoms with E-state index in [4.69, 9.17) is 11.2 Å². The Morgan fingerprint density at radius 2 is 2.00 bits per heavy atom. The molecule has 5 nitrogen and oxygen atoms in total. The predicted molar refractivity (Wildman–Crippen MR) is 92.1 cm³/mol. The van der Waals surface area contributed by atoms with Gasteiger partial charge in [-0.2, -0.15) is 0 Å². The van der Waals surface area contributed by atoms with Crippen LogP contribution in [0, 0.1) is 18.3 Å². The zero-order valence-corrected chi connectivity index (χ0v) is 14.7. The van der Waals surface area contributed by atoms with Crippen LogP contribution < -0.4 is 0 Å². The van der Waals surface area contributed by atoms with Gasteiger partial charge in [0.05, 0.1) is 12.6 Å². The van der Waals surface area contributed by atoms with Crippen molar-refractivity contribution >= 4 is 5.91 Å². The molecular weight excluding hydrogens is 290 g/mol. The van der Waals surface area contributed by atoms with Gasteiger partial charge in [-0.05, 0) is 52.9 Å². The summed E-state index contributed by atoms with van der Waals surface area (Å²) < 4.78 is 5.74. The second kappa shape index (κ2) is 9.27. The molecule has 2 fully saturated rings. The van der Waals surface area contributed by atoms with Gasteiger partial charge in [-0.3, -0.25) is 9.69 Å². The summed E-state index contributed by atoms with van der Waals surface area (Å²) in [6.45, 7) is 5.83. The summed E-state index contributed by atoms with van der Waals surface area (Å²) in [5.41, 5.74) is 0. The van der Waals surface area contributed by atoms with Gasteiger partial charge in [0.2, 0.25) is 5.91 Å². The van der Waals surface area contributed by atoms with Crippen LogP contribution >= 0.6 is 0 Å². The summed E-state index contributed by atoms with van der Waals surface area (Å²) in [6.07, 6.45) is 9.63. The Bertz CT molecular complexity index is 405. The molecule has 0 bridgehead atoms. The molecule has 0 aromatic rings. The predicted octanol–water partition coefficient (Wildman–Crippen LogP) is 0.901. The molecule has 2 saturated heterocycles. The largest absolute Gasteiger partial charge is 0.376 e. The molecule has 0 aromatic heterocycles. The lowest BCUT2D eigenvalue weighted by atomic mass is 9.95. The maximum Gasteiger partial charge on any atom is 0.225 e. The third-order valence-electron chi connectivity index (χ3n) is 4.83. The first kappa shape index (κ1) is 18.3. The van der Waals surface area contributed by atoms with Gasteiger partial charge in [0, 0.05) is 32.2 Å². The van der Waals surface area contributed by atoms with Crippen molar-refractivity contribution in [1.82, 2.24) is 14.7 Å². The fourth-order valence-corrected chi connectivity index (χ4v) is 3.37. The number of piperidine rings is 1. The summed E-state index contributed by atoms with van der Waals surface area (Å²) in [4.78, 5) is 19.4. The molecule has 0 aliphatic carbocycles. The number of terminal acetylenes is 1. The van der Waals surface area contributed by atoms with E-state index in [1.807, 2.05) is 19.0 Å². The summed E-state index contributed by atoms with van der Waals surface area (Å²) in [5.74, 6) is 3.15. The molecule has 2 heterocycles. The highest BCUT2D eigenvalue weighted by Crippen LogP contribution is 2.21. The minimum absolute atomic E-state index is 0.146. The number of likely N-dealkylation sites (N-methyl/N-ethyl adjacent to an activating group) is 1. The van der Waals surface area contributed by atoms with Crippen molar-refractivity contribution in [1.29, 1.82) is 0 Å². The fraction of sp³-hybridized carbons (Fsp3) is 0.833. The molecule has 0 aromatic carbocycles. The van der Waals surface area contributed by atoms with Crippen LogP contribution in [-0.4, -0.2) is 86.7 Å². The van der Waals surface area contributed by atoms with Gasteiger partial charge < -0.3 is 14.5 Å². The van der Waals surface area contributed by atoms with Crippen LogP contribution in [-0.2, 0) is 9.53 Å². The number of nitrogens with zero attached hydrogens (tertiary/aromatic N) is 3. The summed E-state index contributed by atoms with van der Waals surface area (Å²) >= 11 is 0. The maximum absolute atomic E-state index is 13.0. The Labute approximate surface area is 140 Å². The maximum atomic E-state index is 13.0. The van der Waals surface area contributed by atoms with Crippen LogP contribution in [0.4, 0.5) is 0 Å². The number of carbonyl (C=O) groups is 1. The van der Waals surface area contributed by atoms with E-state index < -0.39 is 0 Å². The molecule has 1 amide bonds. The van der Waals surface area contributed by atoms with Crippen molar-refractivity contribution in [3.05, 3.63) is 0 Å². The number of likely N-dealkylation sites (tertiary alicyclic amines) is 1. The highest BCUT2D eigenvalue weighted by atomic mass is 16.5. The topological polar surface area (TPSA) is 36.0 Å². The highest BCUT2D eigenvalue weighted by Gasteiger charge is 2.30. The first-order valence-corrected chi connectivity index (χ1v) is 8.81. The summed E-state index contributed by atoms with van der Waals surface area (Å²) in [7, 11) is 4.10. The van der Waals surface area contributed by atoms with Crippen molar-refractivity contribution in [3.8, 4) is 12.3 Å². The van der Waals surface area contributed by atoms with Gasteiger partial charge >= 0.3 is 0 Å². The van der Waals surface area contributed by atoms with Crippen LogP contribution in [0.3, 0.4) is 0 Å². The molecule has 0 saturated carbocycles. The number of ether oxygens (including phenoxy) is 1. The van der Waals surface area contributed by atoms with E-state index in [-0.39, 0.29) is 12.0 Å². The van der Waals surface area contributed by atoms with Crippen LogP contribution in [0.2, 0.25) is 0 Å². The monoisotopic (exact) mass is 321 g/mol. The molecule has 2 aliphatic heterocycles. The second-order valence-corrected chi connectivity index (χ2v) is 6.98. The Hall–Kier alpha value is -1.09. The average Bonchev–Trinajstić information content (AvgIpc) is 3.05. The highest BCUT2D eigenvalue weighted by molar-refractivity contribution is 5.79. The van der Waals surface area contributed by atoms with E-state index in [1.54, 1.807) is 0 Å². The number of amides is 1. The number of carbonyl (C=O) groups excluding carboxylic acids is 1. The lowest BCUT2D eigenvalue weighted by Crippen LogP contribution is -2.47. The van der Waals surface area contributed by atoms with Crippen LogP contribution in [0.15, 0.2) is 0 Å². The third-order valence-corrected chi connectivity index (χ3v) is 4.83. The minimum Gasteiger partial charge on any atom is -0.376 e. The lowest BCUT2D eigenvalue weighted by Gasteiger charge is -2.34. The molecule has 0 spiro atoms. The van der Waals surface area contributed by atoms with Crippen molar-refractivity contribution in [2.24, 2.45) is 5.92 Å². The number of hydrogen-bond acceptors (Lipinski definition) is 4. The van der Waals surface area contributed by atoms with Gasteiger partial charge in [-0.1, -0.05) is 5.92 Å². The number of hydrogen-bond donors (Lipinski definition) is 0. The Morgan fingerprint density at radius 3 is 2.57 bits per heavy atom. The van der Waals surface area contributed by atoms with Crippen molar-refractivity contribution in [3.63, 3.8) is 0 Å². The van der Waals surface area contributed by atoms with E-state index in [0.29, 0.717) is 12.5 Å². The smallest absolute Gasteiger partial charge is 0.225 e. The van der Waals surface area contributed by atoms with Gasteiger partial charge in [-0.15, -0.1) is 6.42 Å². The Balaban J connectivity index is 1.88. The Kier molecular flexibility index (Phi) is 7.35. The molecule has 2 rings (SSSR count). The molecule has 2 aliphatic rings. The first-order valence-electron chi connectivity index (χ1n) is 8.81. The van der Waals surface area contributed by atoms with E-state index in [0.717, 1.165) is 65.0 Å². The second-order valence-electron chi connectivity index (χ2n) is 6.98. The first-order chi connectivity index (χ1) is 11.1. The number of rotatable bonds is 7. The molecular formula is C18H31N3O2. The standard InChI is InChI=1S/C18H31N3O2/c1-4-9-20-10-7-16(8-11-20)18(22)21(13-12-19(2)3)15-17-6-5-14-23-17/h1,16-17H,5-15H2,2-3H3/t17-/m1/s1. The summed E-state index contributed by atoms with van der Waals surface area (Å²) in [5, 5.41) is 0. The van der Waals surface area contributed by atoms with Crippen LogP contribution in [0.1, 0.15) is 25.7 Å². The lowest BCUT2D eigenvalue weighted by molar-refractivity contribution is -0.138. The SMILES string of the molecule is C#CCN1CCC(C(=O)N(CCN(C)C)C[C@H]2CCCO2)CC1. The molecule has 5 heteroatoms. The van der Waals surface area contributed by atoms with E-state index in [9.17, 15) is 4.79 Å². The molecule has 23 heavy (non-hydrogen) atoms. The zero-order valence-electron chi connectivity index (χ0n) is 14.7. The molecule has 0 N–H and O–H groups in total. The molecule has 130 valence electrons. The van der Waals surface area contributed by atoms with Crippen molar-refractivity contribution in [2.75, 3.05) is 60.0 Å². The van der Waals surface area contributed by atoms with Gasteiger partial charge in [-0.25, -0.2) is 0 Å². The Morgan fingerprint density at radius 1 is 1.26 bits per heavy atom. The van der Waals surface area contributed by atoms with Gasteiger partial charge in [0.15, 0.2) is 0 Å². The fourth-order valence-electron chi connectivity index (χ4n) is 3.37. The summed E-state index contributed by atoms with van der Waals surface area (Å²) in [6, 6.07) is 0.